The molecule has 25 heavy (non-hydrogen) atoms. The van der Waals surface area contributed by atoms with E-state index in [0.29, 0.717) is 0 Å². The lowest BCUT2D eigenvalue weighted by molar-refractivity contribution is -0.384. The summed E-state index contributed by atoms with van der Waals surface area (Å²) in [6.45, 7) is 0. The van der Waals surface area contributed by atoms with E-state index in [-0.39, 0.29) is 17.0 Å². The topological polar surface area (TPSA) is 80.7 Å². The van der Waals surface area contributed by atoms with E-state index in [4.69, 9.17) is 0 Å². The van der Waals surface area contributed by atoms with Crippen LogP contribution < -0.4 is 0 Å². The number of rotatable bonds is 3. The molecule has 6 nitrogen and oxygen atoms in total. The lowest BCUT2D eigenvalue weighted by atomic mass is 10.2. The van der Waals surface area contributed by atoms with Gasteiger partial charge in [0, 0.05) is 28.5 Å². The summed E-state index contributed by atoms with van der Waals surface area (Å²) < 4.78 is 1.77. The second kappa shape index (κ2) is 5.76. The van der Waals surface area contributed by atoms with E-state index in [2.05, 4.69) is 5.10 Å². The van der Waals surface area contributed by atoms with Crippen LogP contribution in [0, 0.1) is 10.1 Å². The van der Waals surface area contributed by atoms with E-state index in [0.717, 1.165) is 21.8 Å². The highest BCUT2D eigenvalue weighted by molar-refractivity contribution is 6.08. The Kier molecular flexibility index (Phi) is 3.43. The predicted octanol–water partition coefficient (Wildman–Crippen LogP) is 4.29. The third-order valence-corrected chi connectivity index (χ3v) is 4.09. The minimum absolute atomic E-state index is 0.0601. The molecule has 0 aliphatic carbocycles. The van der Waals surface area contributed by atoms with E-state index < -0.39 is 4.92 Å². The molecular formula is C19H13N3O3. The van der Waals surface area contributed by atoms with Gasteiger partial charge in [-0.15, -0.1) is 0 Å². The summed E-state index contributed by atoms with van der Waals surface area (Å²) in [5.74, 6) is -0.0601. The van der Waals surface area contributed by atoms with Gasteiger partial charge < -0.3 is 5.11 Å². The molecule has 0 spiro atoms. The zero-order chi connectivity index (χ0) is 17.4. The fraction of sp³-hybridized carbons (Fsp3) is 0. The van der Waals surface area contributed by atoms with Gasteiger partial charge in [0.05, 0.1) is 22.2 Å². The lowest BCUT2D eigenvalue weighted by Crippen LogP contribution is -1.93. The van der Waals surface area contributed by atoms with Crippen LogP contribution in [0.15, 0.2) is 71.8 Å². The first kappa shape index (κ1) is 14.9. The molecule has 0 amide bonds. The Morgan fingerprint density at radius 1 is 0.960 bits per heavy atom. The summed E-state index contributed by atoms with van der Waals surface area (Å²) in [7, 11) is 0. The first-order valence-electron chi connectivity index (χ1n) is 7.65. The van der Waals surface area contributed by atoms with Crippen molar-refractivity contribution >= 4 is 33.7 Å². The summed E-state index contributed by atoms with van der Waals surface area (Å²) in [5.41, 5.74) is 2.03. The van der Waals surface area contributed by atoms with Gasteiger partial charge in [0.15, 0.2) is 0 Å². The van der Waals surface area contributed by atoms with Crippen LogP contribution >= 0.6 is 0 Å². The molecule has 0 fully saturated rings. The number of phenols is 1. The van der Waals surface area contributed by atoms with Gasteiger partial charge in [-0.1, -0.05) is 36.4 Å². The highest BCUT2D eigenvalue weighted by Gasteiger charge is 2.11. The molecule has 3 aromatic carbocycles. The van der Waals surface area contributed by atoms with Crippen molar-refractivity contribution in [3.8, 4) is 5.75 Å². The first-order valence-corrected chi connectivity index (χ1v) is 7.65. The van der Waals surface area contributed by atoms with E-state index in [1.165, 1.54) is 24.4 Å². The Morgan fingerprint density at radius 3 is 2.16 bits per heavy atom. The quantitative estimate of drug-likeness (QED) is 0.345. The van der Waals surface area contributed by atoms with Crippen LogP contribution in [0.4, 0.5) is 5.69 Å². The van der Waals surface area contributed by atoms with Crippen molar-refractivity contribution in [1.82, 2.24) is 4.68 Å². The summed E-state index contributed by atoms with van der Waals surface area (Å²) >= 11 is 0. The Labute approximate surface area is 142 Å². The fourth-order valence-electron chi connectivity index (χ4n) is 2.91. The van der Waals surface area contributed by atoms with Crippen LogP contribution in [0.25, 0.3) is 21.8 Å². The van der Waals surface area contributed by atoms with Crippen LogP contribution in [0.5, 0.6) is 5.75 Å². The molecule has 0 aliphatic rings. The molecule has 0 saturated heterocycles. The molecule has 4 rings (SSSR count). The largest absolute Gasteiger partial charge is 0.507 e. The van der Waals surface area contributed by atoms with Crippen molar-refractivity contribution in [1.29, 1.82) is 0 Å². The summed E-state index contributed by atoms with van der Waals surface area (Å²) in [6.07, 6.45) is 1.43. The van der Waals surface area contributed by atoms with Crippen LogP contribution in [0.1, 0.15) is 5.56 Å². The van der Waals surface area contributed by atoms with Crippen molar-refractivity contribution < 1.29 is 10.0 Å². The van der Waals surface area contributed by atoms with Gasteiger partial charge in [0.2, 0.25) is 0 Å². The summed E-state index contributed by atoms with van der Waals surface area (Å²) in [4.78, 5) is 10.4. The standard InChI is InChI=1S/C19H13N3O3/c23-19-10-9-14(22(24)25)11-13(19)12-20-21-17-7-3-1-5-15(17)16-6-2-4-8-18(16)21/h1-12,23H/b20-12+. The van der Waals surface area contributed by atoms with Crippen molar-refractivity contribution in [3.05, 3.63) is 82.4 Å². The average Bonchev–Trinajstić information content (AvgIpc) is 2.95. The normalized spacial score (nSPS) is 11.5. The second-order valence-electron chi connectivity index (χ2n) is 5.59. The maximum absolute atomic E-state index is 10.9. The Morgan fingerprint density at radius 2 is 1.56 bits per heavy atom. The molecule has 0 saturated carbocycles. The molecule has 122 valence electrons. The van der Waals surface area contributed by atoms with Crippen molar-refractivity contribution in [2.24, 2.45) is 5.10 Å². The SMILES string of the molecule is O=[N+]([O-])c1ccc(O)c(/C=N/n2c3ccccc3c3ccccc32)c1. The van der Waals surface area contributed by atoms with E-state index in [1.807, 2.05) is 48.5 Å². The number of para-hydroxylation sites is 2. The van der Waals surface area contributed by atoms with Crippen molar-refractivity contribution in [2.75, 3.05) is 0 Å². The maximum atomic E-state index is 10.9. The van der Waals surface area contributed by atoms with Crippen LogP contribution in [0.2, 0.25) is 0 Å². The molecule has 0 atom stereocenters. The van der Waals surface area contributed by atoms with Gasteiger partial charge in [0.1, 0.15) is 5.75 Å². The molecule has 1 heterocycles. The fourth-order valence-corrected chi connectivity index (χ4v) is 2.91. The number of benzene rings is 3. The number of hydrogen-bond donors (Lipinski definition) is 1. The number of non-ortho nitro benzene ring substituents is 1. The molecule has 4 aromatic rings. The van der Waals surface area contributed by atoms with Crippen molar-refractivity contribution in [3.63, 3.8) is 0 Å². The van der Waals surface area contributed by atoms with Crippen molar-refractivity contribution in [2.45, 2.75) is 0 Å². The Bertz CT molecular complexity index is 1090. The number of nitrogens with zero attached hydrogens (tertiary/aromatic N) is 3. The maximum Gasteiger partial charge on any atom is 0.270 e. The van der Waals surface area contributed by atoms with Crippen LogP contribution in [-0.2, 0) is 0 Å². The molecule has 1 aromatic heterocycles. The molecule has 0 aliphatic heterocycles. The third-order valence-electron chi connectivity index (χ3n) is 4.09. The minimum Gasteiger partial charge on any atom is -0.507 e. The number of nitro benzene ring substituents is 1. The van der Waals surface area contributed by atoms with E-state index in [9.17, 15) is 15.2 Å². The molecular weight excluding hydrogens is 318 g/mol. The lowest BCUT2D eigenvalue weighted by Gasteiger charge is -2.01. The van der Waals surface area contributed by atoms with Gasteiger partial charge >= 0.3 is 0 Å². The van der Waals surface area contributed by atoms with Crippen LogP contribution in [-0.4, -0.2) is 20.9 Å². The van der Waals surface area contributed by atoms with Gasteiger partial charge in [-0.2, -0.15) is 5.10 Å². The van der Waals surface area contributed by atoms with E-state index in [1.54, 1.807) is 4.68 Å². The second-order valence-corrected chi connectivity index (χ2v) is 5.59. The molecule has 0 unspecified atom stereocenters. The molecule has 0 bridgehead atoms. The zero-order valence-electron chi connectivity index (χ0n) is 13.0. The van der Waals surface area contributed by atoms with Gasteiger partial charge in [-0.05, 0) is 18.2 Å². The van der Waals surface area contributed by atoms with E-state index >= 15 is 0 Å². The number of hydrogen-bond acceptors (Lipinski definition) is 4. The van der Waals surface area contributed by atoms with Gasteiger partial charge in [-0.25, -0.2) is 4.68 Å². The minimum atomic E-state index is -0.503. The van der Waals surface area contributed by atoms with Gasteiger partial charge in [-0.3, -0.25) is 10.1 Å². The predicted molar refractivity (Wildman–Crippen MR) is 97.2 cm³/mol. The number of fused-ring (bicyclic) bond motifs is 3. The summed E-state index contributed by atoms with van der Waals surface area (Å²) in [6, 6.07) is 19.6. The first-order chi connectivity index (χ1) is 12.1. The summed E-state index contributed by atoms with van der Waals surface area (Å²) in [5, 5.41) is 27.5. The van der Waals surface area contributed by atoms with Gasteiger partial charge in [0.25, 0.3) is 5.69 Å². The third kappa shape index (κ3) is 2.49. The molecule has 0 radical (unpaired) electrons. The molecule has 1 N–H and O–H groups in total. The average molecular weight is 331 g/mol. The Balaban J connectivity index is 1.90. The number of aromatic hydroxyl groups is 1. The Hall–Kier alpha value is -3.67. The highest BCUT2D eigenvalue weighted by Crippen LogP contribution is 2.29. The monoisotopic (exact) mass is 331 g/mol. The zero-order valence-corrected chi connectivity index (χ0v) is 13.0. The molecule has 6 heteroatoms. The number of phenolic OH excluding ortho intramolecular Hbond substituents is 1. The van der Waals surface area contributed by atoms with Crippen LogP contribution in [0.3, 0.4) is 0 Å². The number of aromatic nitrogens is 1. The highest BCUT2D eigenvalue weighted by atomic mass is 16.6. The smallest absolute Gasteiger partial charge is 0.270 e. The number of nitro groups is 1.